The number of hydrogen-bond donors (Lipinski definition) is 2. The van der Waals surface area contributed by atoms with Crippen molar-refractivity contribution in [1.82, 2.24) is 0 Å². The van der Waals surface area contributed by atoms with Gasteiger partial charge in [-0.3, -0.25) is 4.72 Å². The number of hydrogen-bond acceptors (Lipinski definition) is 3. The Balaban J connectivity index is 2.08. The van der Waals surface area contributed by atoms with Gasteiger partial charge in [0.1, 0.15) is 5.82 Å². The minimum absolute atomic E-state index is 0.0825. The maximum absolute atomic E-state index is 12.7. The van der Waals surface area contributed by atoms with Gasteiger partial charge < -0.3 is 5.11 Å². The van der Waals surface area contributed by atoms with Gasteiger partial charge in [-0.1, -0.05) is 24.3 Å². The van der Waals surface area contributed by atoms with Crippen LogP contribution in [0, 0.1) is 5.82 Å². The summed E-state index contributed by atoms with van der Waals surface area (Å²) in [6, 6.07) is 11.7. The lowest BCUT2D eigenvalue weighted by Gasteiger charge is -2.08. The average Bonchev–Trinajstić information content (AvgIpc) is 2.41. The predicted octanol–water partition coefficient (Wildman–Crippen LogP) is 2.26. The molecule has 2 aromatic rings. The molecule has 0 spiro atoms. The van der Waals surface area contributed by atoms with E-state index >= 15 is 0 Å². The highest BCUT2D eigenvalue weighted by Crippen LogP contribution is 2.14. The molecule has 0 amide bonds. The summed E-state index contributed by atoms with van der Waals surface area (Å²) in [5.41, 5.74) is 1.65. The van der Waals surface area contributed by atoms with Gasteiger partial charge in [0.05, 0.1) is 12.4 Å². The molecule has 0 radical (unpaired) electrons. The van der Waals surface area contributed by atoms with Crippen LogP contribution in [0.2, 0.25) is 0 Å². The van der Waals surface area contributed by atoms with E-state index in [1.807, 2.05) is 0 Å². The van der Waals surface area contributed by atoms with Crippen LogP contribution in [0.1, 0.15) is 11.1 Å². The molecule has 0 heterocycles. The molecule has 0 fully saturated rings. The number of sulfonamides is 1. The van der Waals surface area contributed by atoms with Crippen molar-refractivity contribution in [2.45, 2.75) is 12.4 Å². The summed E-state index contributed by atoms with van der Waals surface area (Å²) in [6.07, 6.45) is 0. The minimum atomic E-state index is -3.56. The van der Waals surface area contributed by atoms with E-state index in [1.165, 1.54) is 24.3 Å². The Kier molecular flexibility index (Phi) is 4.36. The molecule has 0 aromatic heterocycles. The summed E-state index contributed by atoms with van der Waals surface area (Å²) in [4.78, 5) is 0. The zero-order valence-corrected chi connectivity index (χ0v) is 11.4. The number of halogens is 1. The third-order valence-corrected chi connectivity index (χ3v) is 3.94. The monoisotopic (exact) mass is 295 g/mol. The first-order valence-electron chi connectivity index (χ1n) is 5.93. The Morgan fingerprint density at radius 1 is 0.950 bits per heavy atom. The minimum Gasteiger partial charge on any atom is -0.392 e. The van der Waals surface area contributed by atoms with Crippen molar-refractivity contribution in [3.63, 3.8) is 0 Å². The molecule has 0 saturated carbocycles. The third-order valence-electron chi connectivity index (χ3n) is 2.68. The zero-order valence-electron chi connectivity index (χ0n) is 10.6. The van der Waals surface area contributed by atoms with Crippen molar-refractivity contribution in [3.05, 3.63) is 65.5 Å². The molecule has 0 atom stereocenters. The van der Waals surface area contributed by atoms with Gasteiger partial charge in [0.2, 0.25) is 10.0 Å². The van der Waals surface area contributed by atoms with Crippen molar-refractivity contribution >= 4 is 15.7 Å². The van der Waals surface area contributed by atoms with Gasteiger partial charge in [0.15, 0.2) is 0 Å². The summed E-state index contributed by atoms with van der Waals surface area (Å²) >= 11 is 0. The normalized spacial score (nSPS) is 11.3. The van der Waals surface area contributed by atoms with E-state index in [9.17, 15) is 12.8 Å². The van der Waals surface area contributed by atoms with Crippen molar-refractivity contribution in [2.24, 2.45) is 0 Å². The Labute approximate surface area is 116 Å². The van der Waals surface area contributed by atoms with E-state index in [0.717, 1.165) is 5.56 Å². The number of aliphatic hydroxyl groups excluding tert-OH is 1. The second kappa shape index (κ2) is 6.02. The van der Waals surface area contributed by atoms with E-state index < -0.39 is 15.8 Å². The maximum Gasteiger partial charge on any atom is 0.236 e. The largest absolute Gasteiger partial charge is 0.392 e. The van der Waals surface area contributed by atoms with Crippen LogP contribution in [0.15, 0.2) is 48.5 Å². The Morgan fingerprint density at radius 2 is 1.50 bits per heavy atom. The lowest BCUT2D eigenvalue weighted by Crippen LogP contribution is -2.15. The molecule has 2 rings (SSSR count). The fraction of sp³-hybridized carbons (Fsp3) is 0.143. The summed E-state index contributed by atoms with van der Waals surface area (Å²) in [5.74, 6) is -0.608. The molecule has 4 nitrogen and oxygen atoms in total. The molecular formula is C14H14FNO3S. The quantitative estimate of drug-likeness (QED) is 0.889. The Hall–Kier alpha value is -1.92. The SMILES string of the molecule is O=S(=O)(Cc1ccc(CO)cc1)Nc1ccc(F)cc1. The van der Waals surface area contributed by atoms with E-state index in [2.05, 4.69) is 4.72 Å². The molecule has 0 aliphatic carbocycles. The first-order valence-corrected chi connectivity index (χ1v) is 7.58. The lowest BCUT2D eigenvalue weighted by atomic mass is 10.2. The summed E-state index contributed by atoms with van der Waals surface area (Å²) in [6.45, 7) is -0.0825. The smallest absolute Gasteiger partial charge is 0.236 e. The van der Waals surface area contributed by atoms with Gasteiger partial charge in [0, 0.05) is 5.69 Å². The number of benzene rings is 2. The Bertz CT molecular complexity index is 667. The van der Waals surface area contributed by atoms with Crippen LogP contribution in [-0.4, -0.2) is 13.5 Å². The van der Waals surface area contributed by atoms with Crippen LogP contribution in [0.25, 0.3) is 0 Å². The molecule has 0 unspecified atom stereocenters. The number of nitrogens with one attached hydrogen (secondary N) is 1. The van der Waals surface area contributed by atoms with E-state index in [1.54, 1.807) is 24.3 Å². The highest BCUT2D eigenvalue weighted by Gasteiger charge is 2.11. The second-order valence-corrected chi connectivity index (χ2v) is 6.06. The van der Waals surface area contributed by atoms with Gasteiger partial charge >= 0.3 is 0 Å². The van der Waals surface area contributed by atoms with Crippen LogP contribution < -0.4 is 4.72 Å². The highest BCUT2D eigenvalue weighted by molar-refractivity contribution is 7.91. The van der Waals surface area contributed by atoms with Gasteiger partial charge in [-0.25, -0.2) is 12.8 Å². The number of aliphatic hydroxyl groups is 1. The van der Waals surface area contributed by atoms with Crippen LogP contribution >= 0.6 is 0 Å². The van der Waals surface area contributed by atoms with Crippen LogP contribution in [0.5, 0.6) is 0 Å². The van der Waals surface area contributed by atoms with E-state index in [-0.39, 0.29) is 12.4 Å². The van der Waals surface area contributed by atoms with Crippen molar-refractivity contribution in [2.75, 3.05) is 4.72 Å². The van der Waals surface area contributed by atoms with Gasteiger partial charge in [0.25, 0.3) is 0 Å². The van der Waals surface area contributed by atoms with Crippen molar-refractivity contribution < 1.29 is 17.9 Å². The summed E-state index contributed by atoms with van der Waals surface area (Å²) in [5, 5.41) is 8.92. The molecule has 0 aliphatic rings. The van der Waals surface area contributed by atoms with Crippen molar-refractivity contribution in [3.8, 4) is 0 Å². The van der Waals surface area contributed by atoms with Crippen LogP contribution in [0.3, 0.4) is 0 Å². The van der Waals surface area contributed by atoms with Crippen molar-refractivity contribution in [1.29, 1.82) is 0 Å². The molecule has 106 valence electrons. The molecular weight excluding hydrogens is 281 g/mol. The molecule has 0 saturated heterocycles. The maximum atomic E-state index is 12.7. The second-order valence-electron chi connectivity index (χ2n) is 4.34. The molecule has 6 heteroatoms. The predicted molar refractivity (Wildman–Crippen MR) is 75.0 cm³/mol. The third kappa shape index (κ3) is 4.04. The van der Waals surface area contributed by atoms with Gasteiger partial charge in [-0.05, 0) is 35.4 Å². The fourth-order valence-electron chi connectivity index (χ4n) is 1.69. The first kappa shape index (κ1) is 14.5. The molecule has 2 aromatic carbocycles. The zero-order chi connectivity index (χ0) is 14.6. The van der Waals surface area contributed by atoms with Gasteiger partial charge in [-0.2, -0.15) is 0 Å². The van der Waals surface area contributed by atoms with E-state index in [4.69, 9.17) is 5.11 Å². The molecule has 20 heavy (non-hydrogen) atoms. The van der Waals surface area contributed by atoms with E-state index in [0.29, 0.717) is 11.3 Å². The molecule has 0 aliphatic heterocycles. The highest BCUT2D eigenvalue weighted by atomic mass is 32.2. The standard InChI is InChI=1S/C14H14FNO3S/c15-13-5-7-14(8-6-13)16-20(18,19)10-12-3-1-11(9-17)2-4-12/h1-8,16-17H,9-10H2. The number of rotatable bonds is 5. The molecule has 2 N–H and O–H groups in total. The van der Waals surface area contributed by atoms with Crippen LogP contribution in [0.4, 0.5) is 10.1 Å². The Morgan fingerprint density at radius 3 is 2.05 bits per heavy atom. The lowest BCUT2D eigenvalue weighted by molar-refractivity contribution is 0.282. The molecule has 0 bridgehead atoms. The average molecular weight is 295 g/mol. The first-order chi connectivity index (χ1) is 9.48. The fourth-order valence-corrected chi connectivity index (χ4v) is 2.89. The van der Waals surface area contributed by atoms with Crippen LogP contribution in [-0.2, 0) is 22.4 Å². The number of anilines is 1. The summed E-state index contributed by atoms with van der Waals surface area (Å²) in [7, 11) is -3.56. The topological polar surface area (TPSA) is 66.4 Å². The van der Waals surface area contributed by atoms with Gasteiger partial charge in [-0.15, -0.1) is 0 Å². The summed E-state index contributed by atoms with van der Waals surface area (Å²) < 4.78 is 39.0.